The third-order valence-corrected chi connectivity index (χ3v) is 4.43. The van der Waals surface area contributed by atoms with E-state index in [1.54, 1.807) is 12.1 Å². The largest absolute Gasteiger partial charge is 0.457 e. The van der Waals surface area contributed by atoms with Crippen molar-refractivity contribution < 1.29 is 13.6 Å². The molecule has 6 heteroatoms. The van der Waals surface area contributed by atoms with Crippen molar-refractivity contribution in [2.24, 2.45) is 0 Å². The summed E-state index contributed by atoms with van der Waals surface area (Å²) in [6, 6.07) is 16.5. The lowest BCUT2D eigenvalue weighted by Crippen LogP contribution is -2.13. The van der Waals surface area contributed by atoms with Crippen molar-refractivity contribution in [1.29, 1.82) is 5.26 Å². The normalized spacial score (nSPS) is 11.1. The second-order valence-corrected chi connectivity index (χ2v) is 6.67. The summed E-state index contributed by atoms with van der Waals surface area (Å²) in [7, 11) is 0. The van der Waals surface area contributed by atoms with Crippen LogP contribution in [0.1, 0.15) is 11.3 Å². The minimum Gasteiger partial charge on any atom is -0.457 e. The van der Waals surface area contributed by atoms with Gasteiger partial charge in [-0.05, 0) is 61.0 Å². The first-order valence-electron chi connectivity index (χ1n) is 8.01. The quantitative estimate of drug-likeness (QED) is 0.431. The van der Waals surface area contributed by atoms with E-state index in [-0.39, 0.29) is 5.57 Å². The van der Waals surface area contributed by atoms with Crippen LogP contribution in [-0.2, 0) is 4.79 Å². The lowest BCUT2D eigenvalue weighted by atomic mass is 10.1. The Morgan fingerprint density at radius 1 is 1.19 bits per heavy atom. The van der Waals surface area contributed by atoms with E-state index in [0.717, 1.165) is 15.6 Å². The van der Waals surface area contributed by atoms with Crippen molar-refractivity contribution in [1.82, 2.24) is 0 Å². The number of carbonyl (C=O) groups excluding carboxylic acids is 1. The molecule has 0 saturated heterocycles. The van der Waals surface area contributed by atoms with Gasteiger partial charge < -0.3 is 9.73 Å². The zero-order valence-corrected chi connectivity index (χ0v) is 15.9. The predicted molar refractivity (Wildman–Crippen MR) is 105 cm³/mol. The van der Waals surface area contributed by atoms with Gasteiger partial charge >= 0.3 is 0 Å². The predicted octanol–water partition coefficient (Wildman–Crippen LogP) is 5.70. The molecule has 4 nitrogen and oxygen atoms in total. The topological polar surface area (TPSA) is 66.0 Å². The maximum absolute atomic E-state index is 12.9. The van der Waals surface area contributed by atoms with Gasteiger partial charge in [-0.3, -0.25) is 4.79 Å². The number of nitriles is 1. The van der Waals surface area contributed by atoms with E-state index in [0.29, 0.717) is 17.2 Å². The molecular formula is C21H14BrFN2O2. The molecule has 0 saturated carbocycles. The molecule has 1 aromatic heterocycles. The summed E-state index contributed by atoms with van der Waals surface area (Å²) < 4.78 is 19.6. The van der Waals surface area contributed by atoms with Gasteiger partial charge in [0.25, 0.3) is 5.91 Å². The molecule has 27 heavy (non-hydrogen) atoms. The van der Waals surface area contributed by atoms with Gasteiger partial charge in [-0.15, -0.1) is 0 Å². The molecule has 0 aliphatic carbocycles. The van der Waals surface area contributed by atoms with Crippen LogP contribution < -0.4 is 5.32 Å². The number of anilines is 1. The number of nitrogens with zero attached hydrogens (tertiary/aromatic N) is 1. The van der Waals surface area contributed by atoms with Gasteiger partial charge in [0.2, 0.25) is 0 Å². The molecule has 3 aromatic rings. The monoisotopic (exact) mass is 424 g/mol. The minimum atomic E-state index is -0.599. The van der Waals surface area contributed by atoms with Gasteiger partial charge in [-0.2, -0.15) is 5.26 Å². The van der Waals surface area contributed by atoms with E-state index in [1.165, 1.54) is 30.3 Å². The van der Waals surface area contributed by atoms with E-state index in [9.17, 15) is 14.4 Å². The maximum Gasteiger partial charge on any atom is 0.266 e. The fraction of sp³-hybridized carbons (Fsp3) is 0.0476. The van der Waals surface area contributed by atoms with E-state index in [1.807, 2.05) is 31.2 Å². The molecule has 0 aliphatic heterocycles. The standard InChI is InChI=1S/C21H14BrFN2O2/c1-13-2-8-18(19(22)10-13)20-9-7-17(27-20)11-14(12-24)21(26)25-16-5-3-15(23)4-6-16/h2-11H,1H3,(H,25,26)/b14-11+. The van der Waals surface area contributed by atoms with Crippen LogP contribution in [0.4, 0.5) is 10.1 Å². The molecule has 0 bridgehead atoms. The molecule has 0 aliphatic rings. The highest BCUT2D eigenvalue weighted by Gasteiger charge is 2.12. The first-order chi connectivity index (χ1) is 13.0. The lowest BCUT2D eigenvalue weighted by Gasteiger charge is -2.04. The van der Waals surface area contributed by atoms with Crippen molar-refractivity contribution in [2.45, 2.75) is 6.92 Å². The van der Waals surface area contributed by atoms with E-state index < -0.39 is 11.7 Å². The fourth-order valence-corrected chi connectivity index (χ4v) is 3.11. The molecule has 0 fully saturated rings. The number of benzene rings is 2. The molecule has 0 spiro atoms. The first-order valence-corrected chi connectivity index (χ1v) is 8.80. The highest BCUT2D eigenvalue weighted by Crippen LogP contribution is 2.31. The number of hydrogen-bond donors (Lipinski definition) is 1. The molecule has 0 radical (unpaired) electrons. The van der Waals surface area contributed by atoms with Crippen LogP contribution in [0.2, 0.25) is 0 Å². The average molecular weight is 425 g/mol. The number of nitrogens with one attached hydrogen (secondary N) is 1. The Morgan fingerprint density at radius 3 is 2.59 bits per heavy atom. The van der Waals surface area contributed by atoms with Crippen molar-refractivity contribution in [3.8, 4) is 17.4 Å². The molecule has 0 unspecified atom stereocenters. The lowest BCUT2D eigenvalue weighted by molar-refractivity contribution is -0.112. The Morgan fingerprint density at radius 2 is 1.93 bits per heavy atom. The molecule has 134 valence electrons. The third kappa shape index (κ3) is 4.52. The zero-order chi connectivity index (χ0) is 19.4. The Hall–Kier alpha value is -3.17. The van der Waals surface area contributed by atoms with Crippen LogP contribution in [0, 0.1) is 24.1 Å². The molecule has 3 rings (SSSR count). The van der Waals surface area contributed by atoms with Gasteiger partial charge in [-0.25, -0.2) is 4.39 Å². The van der Waals surface area contributed by atoms with E-state index in [2.05, 4.69) is 21.2 Å². The number of hydrogen-bond acceptors (Lipinski definition) is 3. The summed E-state index contributed by atoms with van der Waals surface area (Å²) in [5.74, 6) is -0.0133. The summed E-state index contributed by atoms with van der Waals surface area (Å²) in [4.78, 5) is 12.3. The number of rotatable bonds is 4. The average Bonchev–Trinajstić information content (AvgIpc) is 3.09. The van der Waals surface area contributed by atoms with Crippen LogP contribution in [0.5, 0.6) is 0 Å². The van der Waals surface area contributed by atoms with Gasteiger partial charge in [0.1, 0.15) is 29.0 Å². The summed E-state index contributed by atoms with van der Waals surface area (Å²) >= 11 is 3.50. The van der Waals surface area contributed by atoms with E-state index in [4.69, 9.17) is 4.42 Å². The van der Waals surface area contributed by atoms with Crippen molar-refractivity contribution in [3.63, 3.8) is 0 Å². The summed E-state index contributed by atoms with van der Waals surface area (Å²) in [5.41, 5.74) is 2.26. The first kappa shape index (κ1) is 18.6. The highest BCUT2D eigenvalue weighted by molar-refractivity contribution is 9.10. The summed E-state index contributed by atoms with van der Waals surface area (Å²) in [6.45, 7) is 1.99. The second-order valence-electron chi connectivity index (χ2n) is 5.82. The number of carbonyl (C=O) groups is 1. The minimum absolute atomic E-state index is 0.122. The molecule has 2 aromatic carbocycles. The molecule has 1 amide bonds. The number of halogens is 2. The fourth-order valence-electron chi connectivity index (χ4n) is 2.42. The summed E-state index contributed by atoms with van der Waals surface area (Å²) in [5, 5.41) is 11.8. The van der Waals surface area contributed by atoms with Gasteiger partial charge in [0, 0.05) is 21.8 Å². The van der Waals surface area contributed by atoms with Crippen LogP contribution in [0.15, 0.2) is 69.1 Å². The second kappa shape index (κ2) is 8.02. The number of furan rings is 1. The van der Waals surface area contributed by atoms with Gasteiger partial charge in [0.05, 0.1) is 0 Å². The summed E-state index contributed by atoms with van der Waals surface area (Å²) in [6.07, 6.45) is 1.37. The highest BCUT2D eigenvalue weighted by atomic mass is 79.9. The van der Waals surface area contributed by atoms with Crippen LogP contribution in [0.25, 0.3) is 17.4 Å². The molecule has 1 N–H and O–H groups in total. The van der Waals surface area contributed by atoms with Crippen molar-refractivity contribution in [2.75, 3.05) is 5.32 Å². The van der Waals surface area contributed by atoms with Crippen molar-refractivity contribution >= 4 is 33.6 Å². The van der Waals surface area contributed by atoms with Crippen molar-refractivity contribution in [3.05, 3.63) is 81.8 Å². The van der Waals surface area contributed by atoms with Crippen LogP contribution in [-0.4, -0.2) is 5.91 Å². The Bertz CT molecular complexity index is 1060. The smallest absolute Gasteiger partial charge is 0.266 e. The Kier molecular flexibility index (Phi) is 5.53. The molecule has 0 atom stereocenters. The number of amides is 1. The third-order valence-electron chi connectivity index (χ3n) is 3.77. The molecular weight excluding hydrogens is 411 g/mol. The maximum atomic E-state index is 12.9. The van der Waals surface area contributed by atoms with Gasteiger partial charge in [-0.1, -0.05) is 22.0 Å². The van der Waals surface area contributed by atoms with Crippen LogP contribution >= 0.6 is 15.9 Å². The van der Waals surface area contributed by atoms with Gasteiger partial charge in [0.15, 0.2) is 0 Å². The van der Waals surface area contributed by atoms with E-state index >= 15 is 0 Å². The van der Waals surface area contributed by atoms with Crippen LogP contribution in [0.3, 0.4) is 0 Å². The SMILES string of the molecule is Cc1ccc(-c2ccc(/C=C(\C#N)C(=O)Nc3ccc(F)cc3)o2)c(Br)c1. The number of aryl methyl sites for hydroxylation is 1. The zero-order valence-electron chi connectivity index (χ0n) is 14.3. The molecule has 1 heterocycles. The Balaban J connectivity index is 1.82. The Labute approximate surface area is 164 Å².